The lowest BCUT2D eigenvalue weighted by Crippen LogP contribution is -2.29. The summed E-state index contributed by atoms with van der Waals surface area (Å²) in [6.45, 7) is 2.53. The molecule has 0 unspecified atom stereocenters. The summed E-state index contributed by atoms with van der Waals surface area (Å²) in [7, 11) is 1.57. The van der Waals surface area contributed by atoms with Crippen molar-refractivity contribution in [3.63, 3.8) is 0 Å². The summed E-state index contributed by atoms with van der Waals surface area (Å²) in [5.41, 5.74) is 0.341. The van der Waals surface area contributed by atoms with Gasteiger partial charge in [0.15, 0.2) is 6.61 Å². The normalized spacial score (nSPS) is 10.6. The molecular formula is C23H23NO7. The van der Waals surface area contributed by atoms with E-state index in [9.17, 15) is 14.4 Å². The molecule has 0 bridgehead atoms. The van der Waals surface area contributed by atoms with Crippen molar-refractivity contribution in [2.24, 2.45) is 0 Å². The topological polar surface area (TPSA) is 104 Å². The molecular weight excluding hydrogens is 402 g/mol. The molecule has 0 aliphatic rings. The van der Waals surface area contributed by atoms with E-state index in [-0.39, 0.29) is 23.5 Å². The van der Waals surface area contributed by atoms with Crippen LogP contribution >= 0.6 is 0 Å². The fourth-order valence-electron chi connectivity index (χ4n) is 2.84. The van der Waals surface area contributed by atoms with Crippen LogP contribution in [0.25, 0.3) is 11.0 Å². The number of amides is 1. The summed E-state index contributed by atoms with van der Waals surface area (Å²) in [4.78, 5) is 36.5. The zero-order valence-electron chi connectivity index (χ0n) is 17.3. The first-order valence-corrected chi connectivity index (χ1v) is 9.71. The number of aryl methyl sites for hydroxylation is 1. The number of methoxy groups -OCH3 is 1. The predicted octanol–water partition coefficient (Wildman–Crippen LogP) is 2.85. The van der Waals surface area contributed by atoms with Gasteiger partial charge in [-0.15, -0.1) is 0 Å². The summed E-state index contributed by atoms with van der Waals surface area (Å²) in [6.07, 6.45) is 0.628. The number of ether oxygens (including phenoxy) is 3. The molecule has 0 aliphatic carbocycles. The predicted molar refractivity (Wildman–Crippen MR) is 114 cm³/mol. The van der Waals surface area contributed by atoms with Gasteiger partial charge >= 0.3 is 11.6 Å². The first kappa shape index (κ1) is 22.0. The third-order valence-corrected chi connectivity index (χ3v) is 4.34. The van der Waals surface area contributed by atoms with Crippen LogP contribution in [0.15, 0.2) is 57.7 Å². The van der Waals surface area contributed by atoms with Crippen molar-refractivity contribution >= 4 is 22.8 Å². The molecule has 0 saturated heterocycles. The molecule has 31 heavy (non-hydrogen) atoms. The number of hydrogen-bond donors (Lipinski definition) is 1. The Morgan fingerprint density at radius 1 is 1.06 bits per heavy atom. The molecule has 0 saturated carbocycles. The smallest absolute Gasteiger partial charge is 0.349 e. The molecule has 2 aromatic carbocycles. The van der Waals surface area contributed by atoms with Gasteiger partial charge in [0.05, 0.1) is 0 Å². The van der Waals surface area contributed by atoms with Gasteiger partial charge in [-0.1, -0.05) is 12.1 Å². The second-order valence-electron chi connectivity index (χ2n) is 6.83. The van der Waals surface area contributed by atoms with Crippen molar-refractivity contribution < 1.29 is 28.2 Å². The fraction of sp³-hybridized carbons (Fsp3) is 0.261. The van der Waals surface area contributed by atoms with Gasteiger partial charge < -0.3 is 23.9 Å². The van der Waals surface area contributed by atoms with E-state index >= 15 is 0 Å². The lowest BCUT2D eigenvalue weighted by Gasteiger charge is -2.08. The summed E-state index contributed by atoms with van der Waals surface area (Å²) >= 11 is 0. The van der Waals surface area contributed by atoms with Gasteiger partial charge in [-0.05, 0) is 49.2 Å². The van der Waals surface area contributed by atoms with Crippen molar-refractivity contribution in [1.82, 2.24) is 5.32 Å². The average Bonchev–Trinajstić information content (AvgIpc) is 2.74. The van der Waals surface area contributed by atoms with Crippen LogP contribution in [0.2, 0.25) is 0 Å². The van der Waals surface area contributed by atoms with Crippen molar-refractivity contribution in [2.45, 2.75) is 13.3 Å². The number of hydrogen-bond acceptors (Lipinski definition) is 7. The Morgan fingerprint density at radius 2 is 1.90 bits per heavy atom. The summed E-state index contributed by atoms with van der Waals surface area (Å²) in [5, 5.41) is 3.17. The zero-order chi connectivity index (χ0) is 22.2. The van der Waals surface area contributed by atoms with Crippen molar-refractivity contribution in [3.8, 4) is 11.5 Å². The van der Waals surface area contributed by atoms with E-state index in [1.54, 1.807) is 25.3 Å². The second kappa shape index (κ2) is 10.4. The van der Waals surface area contributed by atoms with E-state index in [0.717, 1.165) is 5.56 Å². The van der Waals surface area contributed by atoms with E-state index in [1.165, 1.54) is 12.1 Å². The number of carbonyl (C=O) groups is 2. The van der Waals surface area contributed by atoms with E-state index < -0.39 is 17.5 Å². The lowest BCUT2D eigenvalue weighted by atomic mass is 10.1. The van der Waals surface area contributed by atoms with Crippen LogP contribution in [0.5, 0.6) is 11.5 Å². The molecule has 3 aromatic rings. The molecule has 8 nitrogen and oxygen atoms in total. The Hall–Kier alpha value is -3.65. The first-order valence-electron chi connectivity index (χ1n) is 9.71. The molecule has 0 aliphatic heterocycles. The second-order valence-corrected chi connectivity index (χ2v) is 6.83. The highest BCUT2D eigenvalue weighted by Gasteiger charge is 2.14. The Kier molecular flexibility index (Phi) is 7.40. The number of rotatable bonds is 9. The molecule has 162 valence electrons. The minimum Gasteiger partial charge on any atom is -0.482 e. The number of nitrogens with one attached hydrogen (secondary N) is 1. The van der Waals surface area contributed by atoms with Gasteiger partial charge in [0.1, 0.15) is 22.6 Å². The molecule has 1 amide bonds. The Morgan fingerprint density at radius 3 is 2.68 bits per heavy atom. The molecule has 0 spiro atoms. The van der Waals surface area contributed by atoms with Crippen LogP contribution in [0.1, 0.15) is 22.3 Å². The fourth-order valence-corrected chi connectivity index (χ4v) is 2.84. The summed E-state index contributed by atoms with van der Waals surface area (Å²) in [5.74, 6) is -0.356. The maximum absolute atomic E-state index is 12.2. The molecule has 1 heterocycles. The Labute approximate surface area is 178 Å². The van der Waals surface area contributed by atoms with Gasteiger partial charge in [-0.2, -0.15) is 0 Å². The van der Waals surface area contributed by atoms with Crippen molar-refractivity contribution in [2.75, 3.05) is 26.9 Å². The van der Waals surface area contributed by atoms with E-state index in [0.29, 0.717) is 30.7 Å². The third-order valence-electron chi connectivity index (χ3n) is 4.34. The minimum absolute atomic E-state index is 0.0961. The third kappa shape index (κ3) is 6.16. The van der Waals surface area contributed by atoms with Crippen LogP contribution in [0, 0.1) is 6.92 Å². The van der Waals surface area contributed by atoms with Gasteiger partial charge in [0.25, 0.3) is 5.91 Å². The van der Waals surface area contributed by atoms with E-state index in [1.807, 2.05) is 25.1 Å². The number of esters is 1. The molecule has 0 atom stereocenters. The number of fused-ring (bicyclic) bond motifs is 1. The molecule has 0 fully saturated rings. The largest absolute Gasteiger partial charge is 0.482 e. The number of benzene rings is 2. The van der Waals surface area contributed by atoms with Crippen molar-refractivity contribution in [3.05, 3.63) is 70.1 Å². The highest BCUT2D eigenvalue weighted by atomic mass is 16.6. The SMILES string of the molecule is COCCCNC(=O)c1cc2ccc(OC(=O)COc3cccc(C)c3)cc2oc1=O. The summed E-state index contributed by atoms with van der Waals surface area (Å²) in [6, 6.07) is 13.3. The molecule has 8 heteroatoms. The average molecular weight is 425 g/mol. The highest BCUT2D eigenvalue weighted by molar-refractivity contribution is 5.96. The standard InChI is InChI=1S/C23H23NO7/c1-15-5-3-6-17(11-15)29-14-21(25)30-18-8-7-16-12-19(23(27)31-20(16)13-18)22(26)24-9-4-10-28-2/h3,5-8,11-13H,4,9-10,14H2,1-2H3,(H,24,26). The van der Waals surface area contributed by atoms with Crippen LogP contribution < -0.4 is 20.4 Å². The molecule has 3 rings (SSSR count). The maximum Gasteiger partial charge on any atom is 0.349 e. The van der Waals surface area contributed by atoms with Crippen molar-refractivity contribution in [1.29, 1.82) is 0 Å². The zero-order valence-corrected chi connectivity index (χ0v) is 17.3. The summed E-state index contributed by atoms with van der Waals surface area (Å²) < 4.78 is 20.8. The Balaban J connectivity index is 1.65. The van der Waals surface area contributed by atoms with Gasteiger partial charge in [-0.25, -0.2) is 9.59 Å². The quantitative estimate of drug-likeness (QED) is 0.243. The van der Waals surface area contributed by atoms with Gasteiger partial charge in [-0.3, -0.25) is 4.79 Å². The van der Waals surface area contributed by atoms with Crippen LogP contribution in [-0.4, -0.2) is 38.7 Å². The first-order chi connectivity index (χ1) is 15.0. The van der Waals surface area contributed by atoms with Crippen LogP contribution in [0.3, 0.4) is 0 Å². The highest BCUT2D eigenvalue weighted by Crippen LogP contribution is 2.21. The van der Waals surface area contributed by atoms with Gasteiger partial charge in [0, 0.05) is 31.7 Å². The molecule has 0 radical (unpaired) electrons. The number of carbonyl (C=O) groups excluding carboxylic acids is 2. The van der Waals surface area contributed by atoms with E-state index in [2.05, 4.69) is 5.32 Å². The molecule has 1 N–H and O–H groups in total. The van der Waals surface area contributed by atoms with Crippen LogP contribution in [-0.2, 0) is 9.53 Å². The van der Waals surface area contributed by atoms with E-state index in [4.69, 9.17) is 18.6 Å². The van der Waals surface area contributed by atoms with Crippen LogP contribution in [0.4, 0.5) is 0 Å². The lowest BCUT2D eigenvalue weighted by molar-refractivity contribution is -0.136. The maximum atomic E-state index is 12.2. The molecule has 1 aromatic heterocycles. The van der Waals surface area contributed by atoms with Gasteiger partial charge in [0.2, 0.25) is 0 Å². The minimum atomic E-state index is -0.775. The Bertz CT molecular complexity index is 1140. The monoisotopic (exact) mass is 425 g/mol.